The molecule has 0 bridgehead atoms. The van der Waals surface area contributed by atoms with Crippen LogP contribution >= 0.6 is 39.1 Å². The number of aryl methyl sites for hydroxylation is 1. The summed E-state index contributed by atoms with van der Waals surface area (Å²) in [4.78, 5) is 4.17. The Hall–Kier alpha value is -0.710. The summed E-state index contributed by atoms with van der Waals surface area (Å²) in [5.41, 5.74) is 0.836. The number of hydrogen-bond donors (Lipinski definition) is 1. The van der Waals surface area contributed by atoms with Gasteiger partial charge in [0.05, 0.1) is 15.7 Å². The molecule has 0 aliphatic heterocycles. The molecule has 1 aromatic carbocycles. The average Bonchev–Trinajstić information content (AvgIpc) is 2.75. The van der Waals surface area contributed by atoms with Gasteiger partial charge in [0.25, 0.3) is 0 Å². The van der Waals surface area contributed by atoms with Crippen LogP contribution in [0.3, 0.4) is 0 Å². The van der Waals surface area contributed by atoms with Gasteiger partial charge in [-0.25, -0.2) is 4.98 Å². The zero-order valence-corrected chi connectivity index (χ0v) is 12.8. The molecule has 6 heteroatoms. The van der Waals surface area contributed by atoms with Crippen molar-refractivity contribution in [1.82, 2.24) is 9.55 Å². The summed E-state index contributed by atoms with van der Waals surface area (Å²) in [6.07, 6.45) is 3.74. The van der Waals surface area contributed by atoms with E-state index in [-0.39, 0.29) is 0 Å². The second kappa shape index (κ2) is 5.95. The summed E-state index contributed by atoms with van der Waals surface area (Å²) in [5, 5.41) is 4.32. The van der Waals surface area contributed by atoms with E-state index in [2.05, 4.69) is 30.8 Å². The molecule has 2 rings (SSSR count). The first-order chi connectivity index (χ1) is 8.59. The molecule has 0 amide bonds. The Labute approximate surface area is 124 Å². The van der Waals surface area contributed by atoms with Gasteiger partial charge < -0.3 is 9.88 Å². The number of halogens is 3. The van der Waals surface area contributed by atoms with Crippen LogP contribution < -0.4 is 5.32 Å². The lowest BCUT2D eigenvalue weighted by atomic mass is 10.3. The van der Waals surface area contributed by atoms with Gasteiger partial charge in [-0.3, -0.25) is 0 Å². The Morgan fingerprint density at radius 3 is 2.78 bits per heavy atom. The molecule has 18 heavy (non-hydrogen) atoms. The van der Waals surface area contributed by atoms with Crippen LogP contribution in [0.4, 0.5) is 5.69 Å². The third-order valence-corrected chi connectivity index (χ3v) is 4.40. The number of hydrogen-bond acceptors (Lipinski definition) is 2. The second-order valence-corrected chi connectivity index (χ2v) is 5.43. The molecule has 0 spiro atoms. The lowest BCUT2D eigenvalue weighted by Crippen LogP contribution is -2.11. The van der Waals surface area contributed by atoms with Crippen molar-refractivity contribution in [3.05, 3.63) is 44.9 Å². The maximum Gasteiger partial charge on any atom is 0.105 e. The van der Waals surface area contributed by atoms with Gasteiger partial charge in [0, 0.05) is 30.0 Å². The first-order valence-corrected chi connectivity index (χ1v) is 6.99. The molecular formula is C12H12BrCl2N3. The maximum atomic E-state index is 6.15. The van der Waals surface area contributed by atoms with Crippen molar-refractivity contribution in [2.24, 2.45) is 0 Å². The Kier molecular flexibility index (Phi) is 4.54. The molecule has 0 radical (unpaired) electrons. The summed E-state index contributed by atoms with van der Waals surface area (Å²) >= 11 is 15.5. The number of aromatic nitrogens is 2. The molecular weight excluding hydrogens is 337 g/mol. The SMILES string of the molecule is Cc1nccn1CCNc1ccc(Br)c(Cl)c1Cl. The highest BCUT2D eigenvalue weighted by Crippen LogP contribution is 2.35. The van der Waals surface area contributed by atoms with Crippen LogP contribution in [0.5, 0.6) is 0 Å². The fraction of sp³-hybridized carbons (Fsp3) is 0.250. The molecule has 96 valence electrons. The Morgan fingerprint density at radius 2 is 2.11 bits per heavy atom. The predicted molar refractivity (Wildman–Crippen MR) is 79.6 cm³/mol. The van der Waals surface area contributed by atoms with Crippen molar-refractivity contribution in [2.75, 3.05) is 11.9 Å². The van der Waals surface area contributed by atoms with Gasteiger partial charge in [-0.05, 0) is 35.0 Å². The monoisotopic (exact) mass is 347 g/mol. The first-order valence-electron chi connectivity index (χ1n) is 5.44. The molecule has 1 aromatic heterocycles. The molecule has 1 N–H and O–H groups in total. The van der Waals surface area contributed by atoms with Crippen LogP contribution in [0.15, 0.2) is 29.0 Å². The Morgan fingerprint density at radius 1 is 1.33 bits per heavy atom. The number of nitrogens with one attached hydrogen (secondary N) is 1. The standard InChI is InChI=1S/C12H12BrCl2N3/c1-8-16-4-6-18(8)7-5-17-10-3-2-9(13)11(14)12(10)15/h2-4,6,17H,5,7H2,1H3. The minimum Gasteiger partial charge on any atom is -0.382 e. The van der Waals surface area contributed by atoms with Gasteiger partial charge in [0.2, 0.25) is 0 Å². The van der Waals surface area contributed by atoms with Crippen molar-refractivity contribution in [3.8, 4) is 0 Å². The van der Waals surface area contributed by atoms with Gasteiger partial charge in [-0.15, -0.1) is 0 Å². The molecule has 3 nitrogen and oxygen atoms in total. The molecule has 0 aliphatic rings. The number of nitrogens with zero attached hydrogens (tertiary/aromatic N) is 2. The maximum absolute atomic E-state index is 6.15. The highest BCUT2D eigenvalue weighted by Gasteiger charge is 2.07. The minimum absolute atomic E-state index is 0.528. The molecule has 0 saturated carbocycles. The van der Waals surface area contributed by atoms with Crippen molar-refractivity contribution in [1.29, 1.82) is 0 Å². The smallest absolute Gasteiger partial charge is 0.105 e. The summed E-state index contributed by atoms with van der Waals surface area (Å²) in [7, 11) is 0. The van der Waals surface area contributed by atoms with Crippen molar-refractivity contribution < 1.29 is 0 Å². The van der Waals surface area contributed by atoms with E-state index in [1.54, 1.807) is 6.20 Å². The van der Waals surface area contributed by atoms with E-state index in [4.69, 9.17) is 23.2 Å². The van der Waals surface area contributed by atoms with Crippen LogP contribution in [-0.4, -0.2) is 16.1 Å². The molecule has 0 atom stereocenters. The van der Waals surface area contributed by atoms with E-state index in [1.165, 1.54) is 0 Å². The van der Waals surface area contributed by atoms with Gasteiger partial charge in [-0.1, -0.05) is 23.2 Å². The second-order valence-electron chi connectivity index (χ2n) is 3.82. The van der Waals surface area contributed by atoms with E-state index in [1.807, 2.05) is 25.3 Å². The van der Waals surface area contributed by atoms with Gasteiger partial charge in [-0.2, -0.15) is 0 Å². The largest absolute Gasteiger partial charge is 0.382 e. The number of imidazole rings is 1. The fourth-order valence-corrected chi connectivity index (χ4v) is 2.45. The van der Waals surface area contributed by atoms with Gasteiger partial charge >= 0.3 is 0 Å². The fourth-order valence-electron chi connectivity index (χ4n) is 1.61. The summed E-state index contributed by atoms with van der Waals surface area (Å²) in [6.45, 7) is 3.56. The lowest BCUT2D eigenvalue weighted by molar-refractivity contribution is 0.701. The Bertz CT molecular complexity index is 554. The van der Waals surface area contributed by atoms with Gasteiger partial charge in [0.15, 0.2) is 0 Å². The van der Waals surface area contributed by atoms with Crippen LogP contribution in [0.2, 0.25) is 10.0 Å². The number of anilines is 1. The van der Waals surface area contributed by atoms with Crippen LogP contribution in [0.1, 0.15) is 5.82 Å². The van der Waals surface area contributed by atoms with Gasteiger partial charge in [0.1, 0.15) is 5.82 Å². The Balaban J connectivity index is 1.99. The summed E-state index contributed by atoms with van der Waals surface area (Å²) < 4.78 is 2.87. The minimum atomic E-state index is 0.528. The van der Waals surface area contributed by atoms with E-state index in [0.717, 1.165) is 29.1 Å². The molecule has 0 saturated heterocycles. The summed E-state index contributed by atoms with van der Waals surface area (Å²) in [6, 6.07) is 3.78. The molecule has 2 aromatic rings. The van der Waals surface area contributed by atoms with Crippen molar-refractivity contribution in [2.45, 2.75) is 13.5 Å². The van der Waals surface area contributed by atoms with E-state index < -0.39 is 0 Å². The average molecular weight is 349 g/mol. The third kappa shape index (κ3) is 2.99. The van der Waals surface area contributed by atoms with Crippen LogP contribution in [0.25, 0.3) is 0 Å². The van der Waals surface area contributed by atoms with Crippen LogP contribution in [0, 0.1) is 6.92 Å². The van der Waals surface area contributed by atoms with E-state index in [9.17, 15) is 0 Å². The zero-order valence-electron chi connectivity index (χ0n) is 9.75. The normalized spacial score (nSPS) is 10.7. The number of rotatable bonds is 4. The molecule has 0 aliphatic carbocycles. The summed E-state index contributed by atoms with van der Waals surface area (Å²) in [5.74, 6) is 0.997. The van der Waals surface area contributed by atoms with Crippen LogP contribution in [-0.2, 0) is 6.54 Å². The number of benzene rings is 1. The van der Waals surface area contributed by atoms with E-state index >= 15 is 0 Å². The van der Waals surface area contributed by atoms with Crippen molar-refractivity contribution in [3.63, 3.8) is 0 Å². The first kappa shape index (κ1) is 13.7. The topological polar surface area (TPSA) is 29.9 Å². The predicted octanol–water partition coefficient (Wildman–Crippen LogP) is 4.37. The lowest BCUT2D eigenvalue weighted by Gasteiger charge is -2.11. The van der Waals surface area contributed by atoms with E-state index in [0.29, 0.717) is 10.0 Å². The molecule has 1 heterocycles. The highest BCUT2D eigenvalue weighted by atomic mass is 79.9. The molecule has 0 unspecified atom stereocenters. The zero-order chi connectivity index (χ0) is 13.1. The third-order valence-electron chi connectivity index (χ3n) is 2.63. The van der Waals surface area contributed by atoms with Crippen molar-refractivity contribution >= 4 is 44.8 Å². The quantitative estimate of drug-likeness (QED) is 0.831. The highest BCUT2D eigenvalue weighted by molar-refractivity contribution is 9.10. The molecule has 0 fully saturated rings.